The highest BCUT2D eigenvalue weighted by molar-refractivity contribution is 6.02. The molecule has 3 rings (SSSR count). The third-order valence-electron chi connectivity index (χ3n) is 5.06. The molecule has 0 aromatic heterocycles. The molecule has 1 aliphatic rings. The van der Waals surface area contributed by atoms with Crippen LogP contribution in [0.25, 0.3) is 0 Å². The summed E-state index contributed by atoms with van der Waals surface area (Å²) < 4.78 is 10.0. The number of carbonyl (C=O) groups is 4. The maximum atomic E-state index is 12.5. The minimum Gasteiger partial charge on any atom is -0.465 e. The topological polar surface area (TPSA) is 90.0 Å². The van der Waals surface area contributed by atoms with Crippen LogP contribution in [0.2, 0.25) is 0 Å². The number of carbonyl (C=O) groups excluding carboxylic acids is 4. The van der Waals surface area contributed by atoms with Gasteiger partial charge in [0.2, 0.25) is 11.7 Å². The molecule has 0 N–H and O–H groups in total. The minimum absolute atomic E-state index is 0.00300. The van der Waals surface area contributed by atoms with Crippen LogP contribution in [0.4, 0.5) is 5.69 Å². The molecule has 0 radical (unpaired) electrons. The summed E-state index contributed by atoms with van der Waals surface area (Å²) in [5, 5.41) is 0. The summed E-state index contributed by atoms with van der Waals surface area (Å²) >= 11 is 0. The number of benzene rings is 2. The van der Waals surface area contributed by atoms with Crippen LogP contribution in [-0.2, 0) is 19.1 Å². The van der Waals surface area contributed by atoms with Gasteiger partial charge in [-0.1, -0.05) is 29.8 Å². The van der Waals surface area contributed by atoms with Gasteiger partial charge < -0.3 is 14.4 Å². The van der Waals surface area contributed by atoms with Crippen molar-refractivity contribution in [1.29, 1.82) is 0 Å². The lowest BCUT2D eigenvalue weighted by Crippen LogP contribution is -2.30. The number of methoxy groups -OCH3 is 1. The van der Waals surface area contributed by atoms with Crippen LogP contribution in [-0.4, -0.2) is 43.4 Å². The van der Waals surface area contributed by atoms with Crippen molar-refractivity contribution < 1.29 is 28.7 Å². The molecule has 2 atom stereocenters. The van der Waals surface area contributed by atoms with E-state index in [9.17, 15) is 19.2 Å². The van der Waals surface area contributed by atoms with Crippen LogP contribution in [0.3, 0.4) is 0 Å². The Morgan fingerprint density at radius 2 is 1.60 bits per heavy atom. The number of anilines is 1. The van der Waals surface area contributed by atoms with Crippen molar-refractivity contribution in [2.45, 2.75) is 26.4 Å². The van der Waals surface area contributed by atoms with E-state index in [4.69, 9.17) is 4.74 Å². The first-order valence-corrected chi connectivity index (χ1v) is 9.60. The van der Waals surface area contributed by atoms with E-state index >= 15 is 0 Å². The largest absolute Gasteiger partial charge is 0.465 e. The van der Waals surface area contributed by atoms with Gasteiger partial charge in [0.1, 0.15) is 0 Å². The van der Waals surface area contributed by atoms with Gasteiger partial charge in [-0.15, -0.1) is 0 Å². The van der Waals surface area contributed by atoms with Gasteiger partial charge in [-0.3, -0.25) is 14.4 Å². The molecule has 1 aliphatic heterocycles. The summed E-state index contributed by atoms with van der Waals surface area (Å²) in [6.07, 6.45) is -0.938. The van der Waals surface area contributed by atoms with E-state index < -0.39 is 24.0 Å². The fourth-order valence-electron chi connectivity index (χ4n) is 3.29. The number of amides is 1. The number of aryl methyl sites for hydroxylation is 1. The predicted molar refractivity (Wildman–Crippen MR) is 109 cm³/mol. The van der Waals surface area contributed by atoms with E-state index in [0.29, 0.717) is 16.8 Å². The fraction of sp³-hybridized carbons (Fsp3) is 0.304. The van der Waals surface area contributed by atoms with Crippen molar-refractivity contribution in [3.63, 3.8) is 0 Å². The molecular weight excluding hydrogens is 386 g/mol. The summed E-state index contributed by atoms with van der Waals surface area (Å²) in [6.45, 7) is 3.60. The first kappa shape index (κ1) is 21.2. The number of rotatable bonds is 6. The zero-order valence-electron chi connectivity index (χ0n) is 17.1. The SMILES string of the molecule is COC(=O)c1ccc(N2C[C@H](C(=O)O[C@H](C)C(=O)c3ccc(C)cc3)CC2=O)cc1. The van der Waals surface area contributed by atoms with Crippen molar-refractivity contribution in [1.82, 2.24) is 0 Å². The van der Waals surface area contributed by atoms with Crippen LogP contribution in [0, 0.1) is 12.8 Å². The normalized spacial score (nSPS) is 16.8. The highest BCUT2D eigenvalue weighted by atomic mass is 16.5. The zero-order valence-corrected chi connectivity index (χ0v) is 17.1. The van der Waals surface area contributed by atoms with E-state index in [1.54, 1.807) is 36.4 Å². The molecule has 7 nitrogen and oxygen atoms in total. The second kappa shape index (κ2) is 8.90. The molecule has 0 aliphatic carbocycles. The lowest BCUT2D eigenvalue weighted by Gasteiger charge is -2.18. The van der Waals surface area contributed by atoms with Crippen molar-refractivity contribution in [2.24, 2.45) is 5.92 Å². The average molecular weight is 409 g/mol. The molecule has 1 saturated heterocycles. The van der Waals surface area contributed by atoms with E-state index in [0.717, 1.165) is 5.56 Å². The second-order valence-corrected chi connectivity index (χ2v) is 7.25. The standard InChI is InChI=1S/C23H23NO6/c1-14-4-6-16(7-5-14)21(26)15(2)30-23(28)18-12-20(25)24(13-18)19-10-8-17(9-11-19)22(27)29-3/h4-11,15,18H,12-13H2,1-3H3/t15-,18-/m1/s1. The lowest BCUT2D eigenvalue weighted by molar-refractivity contribution is -0.151. The minimum atomic E-state index is -0.941. The molecule has 0 bridgehead atoms. The molecule has 1 fully saturated rings. The van der Waals surface area contributed by atoms with Crippen LogP contribution in [0.1, 0.15) is 39.6 Å². The molecule has 156 valence electrons. The Morgan fingerprint density at radius 3 is 2.20 bits per heavy atom. The van der Waals surface area contributed by atoms with Crippen LogP contribution >= 0.6 is 0 Å². The van der Waals surface area contributed by atoms with Crippen LogP contribution in [0.15, 0.2) is 48.5 Å². The van der Waals surface area contributed by atoms with E-state index in [1.165, 1.54) is 18.9 Å². The van der Waals surface area contributed by atoms with Crippen LogP contribution < -0.4 is 4.90 Å². The smallest absolute Gasteiger partial charge is 0.337 e. The first-order valence-electron chi connectivity index (χ1n) is 9.60. The van der Waals surface area contributed by atoms with Gasteiger partial charge in [0, 0.05) is 24.2 Å². The van der Waals surface area contributed by atoms with Gasteiger partial charge >= 0.3 is 11.9 Å². The van der Waals surface area contributed by atoms with Gasteiger partial charge in [-0.25, -0.2) is 4.79 Å². The second-order valence-electron chi connectivity index (χ2n) is 7.25. The van der Waals surface area contributed by atoms with Crippen LogP contribution in [0.5, 0.6) is 0 Å². The predicted octanol–water partition coefficient (Wildman–Crippen LogP) is 2.95. The van der Waals surface area contributed by atoms with Crippen molar-refractivity contribution in [2.75, 3.05) is 18.6 Å². The summed E-state index contributed by atoms with van der Waals surface area (Å²) in [7, 11) is 1.29. The van der Waals surface area contributed by atoms with E-state index in [1.807, 2.05) is 19.1 Å². The Morgan fingerprint density at radius 1 is 1.00 bits per heavy atom. The molecule has 1 heterocycles. The number of Topliss-reactive ketones (excluding diaryl/α,β-unsaturated/α-hetero) is 1. The average Bonchev–Trinajstić information content (AvgIpc) is 3.15. The Kier molecular flexibility index (Phi) is 6.30. The molecular formula is C23H23NO6. The molecule has 2 aromatic carbocycles. The third kappa shape index (κ3) is 4.56. The highest BCUT2D eigenvalue weighted by Gasteiger charge is 2.37. The quantitative estimate of drug-likeness (QED) is 0.538. The van der Waals surface area contributed by atoms with Gasteiger partial charge in [-0.05, 0) is 38.1 Å². The Hall–Kier alpha value is -3.48. The molecule has 1 amide bonds. The molecule has 30 heavy (non-hydrogen) atoms. The summed E-state index contributed by atoms with van der Waals surface area (Å²) in [5.41, 5.74) is 2.44. The number of nitrogens with zero attached hydrogens (tertiary/aromatic N) is 1. The highest BCUT2D eigenvalue weighted by Crippen LogP contribution is 2.27. The van der Waals surface area contributed by atoms with Crippen molar-refractivity contribution in [3.05, 3.63) is 65.2 Å². The monoisotopic (exact) mass is 409 g/mol. The molecule has 0 spiro atoms. The van der Waals surface area contributed by atoms with Gasteiger partial charge in [0.05, 0.1) is 18.6 Å². The van der Waals surface area contributed by atoms with Crippen molar-refractivity contribution >= 4 is 29.3 Å². The lowest BCUT2D eigenvalue weighted by atomic mass is 10.1. The van der Waals surface area contributed by atoms with E-state index in [2.05, 4.69) is 4.74 Å². The third-order valence-corrected chi connectivity index (χ3v) is 5.06. The molecule has 2 aromatic rings. The maximum Gasteiger partial charge on any atom is 0.337 e. The number of hydrogen-bond donors (Lipinski definition) is 0. The number of esters is 2. The zero-order chi connectivity index (χ0) is 21.8. The fourth-order valence-corrected chi connectivity index (χ4v) is 3.29. The summed E-state index contributed by atoms with van der Waals surface area (Å²) in [4.78, 5) is 50.4. The van der Waals surface area contributed by atoms with Gasteiger partial charge in [0.15, 0.2) is 6.10 Å². The molecule has 7 heteroatoms. The van der Waals surface area contributed by atoms with Crippen molar-refractivity contribution in [3.8, 4) is 0 Å². The summed E-state index contributed by atoms with van der Waals surface area (Å²) in [5.74, 6) is -2.22. The maximum absolute atomic E-state index is 12.5. The molecule has 0 saturated carbocycles. The van der Waals surface area contributed by atoms with E-state index in [-0.39, 0.29) is 24.7 Å². The molecule has 0 unspecified atom stereocenters. The number of ketones is 1. The van der Waals surface area contributed by atoms with Gasteiger partial charge in [-0.2, -0.15) is 0 Å². The number of hydrogen-bond acceptors (Lipinski definition) is 6. The van der Waals surface area contributed by atoms with Gasteiger partial charge in [0.25, 0.3) is 0 Å². The first-order chi connectivity index (χ1) is 14.3. The Labute approximate surface area is 174 Å². The summed E-state index contributed by atoms with van der Waals surface area (Å²) in [6, 6.07) is 13.4. The Balaban J connectivity index is 1.62. The Bertz CT molecular complexity index is 964. The number of ether oxygens (including phenoxy) is 2.